The molecule has 114 valence electrons. The fraction of sp³-hybridized carbons (Fsp3) is 0.267. The van der Waals surface area contributed by atoms with Crippen LogP contribution in [0.1, 0.15) is 31.6 Å². The summed E-state index contributed by atoms with van der Waals surface area (Å²) in [6.07, 6.45) is 4.86. The second-order valence-corrected chi connectivity index (χ2v) is 4.95. The van der Waals surface area contributed by atoms with E-state index in [-0.39, 0.29) is 5.82 Å². The number of hydroxylamine groups is 1. The number of halogens is 1. The van der Waals surface area contributed by atoms with E-state index >= 15 is 0 Å². The van der Waals surface area contributed by atoms with E-state index in [1.54, 1.807) is 12.1 Å². The molecule has 2 aromatic rings. The maximum atomic E-state index is 13.0. The van der Waals surface area contributed by atoms with E-state index in [4.69, 9.17) is 9.73 Å². The monoisotopic (exact) mass is 302 g/mol. The van der Waals surface area contributed by atoms with Gasteiger partial charge >= 0.3 is 0 Å². The van der Waals surface area contributed by atoms with Gasteiger partial charge in [-0.3, -0.25) is 10.7 Å². The van der Waals surface area contributed by atoms with Crippen molar-refractivity contribution in [3.63, 3.8) is 0 Å². The van der Waals surface area contributed by atoms with Gasteiger partial charge in [-0.15, -0.1) is 0 Å². The van der Waals surface area contributed by atoms with Gasteiger partial charge in [0, 0.05) is 11.1 Å². The third kappa shape index (κ3) is 3.04. The Balaban J connectivity index is 1.93. The molecule has 0 aliphatic heterocycles. The lowest BCUT2D eigenvalue weighted by atomic mass is 9.96. The molecule has 1 aliphatic rings. The van der Waals surface area contributed by atoms with E-state index in [1.165, 1.54) is 18.5 Å². The van der Waals surface area contributed by atoms with Gasteiger partial charge in [-0.2, -0.15) is 4.98 Å². The molecule has 6 nitrogen and oxygen atoms in total. The lowest BCUT2D eigenvalue weighted by Crippen LogP contribution is -2.05. The molecule has 0 saturated heterocycles. The number of benzene rings is 1. The SMILES string of the molecule is ONC=NC1=C(c2nc(-c3ccc(F)cc3)no2)CCCC1. The Morgan fingerprint density at radius 3 is 2.77 bits per heavy atom. The molecule has 0 amide bonds. The van der Waals surface area contributed by atoms with Crippen LogP contribution in [-0.4, -0.2) is 21.7 Å². The summed E-state index contributed by atoms with van der Waals surface area (Å²) in [6.45, 7) is 0. The molecular formula is C15H15FN4O2. The number of hydrogen-bond donors (Lipinski definition) is 2. The maximum absolute atomic E-state index is 13.0. The molecule has 7 heteroatoms. The maximum Gasteiger partial charge on any atom is 0.256 e. The van der Waals surface area contributed by atoms with Crippen molar-refractivity contribution in [2.24, 2.45) is 4.99 Å². The first-order chi connectivity index (χ1) is 10.8. The van der Waals surface area contributed by atoms with Crippen molar-refractivity contribution < 1.29 is 14.1 Å². The highest BCUT2D eigenvalue weighted by molar-refractivity contribution is 5.68. The van der Waals surface area contributed by atoms with Crippen LogP contribution in [0.3, 0.4) is 0 Å². The molecule has 22 heavy (non-hydrogen) atoms. The average molecular weight is 302 g/mol. The quantitative estimate of drug-likeness (QED) is 0.515. The Bertz CT molecular complexity index is 707. The first-order valence-electron chi connectivity index (χ1n) is 7.02. The topological polar surface area (TPSA) is 83.5 Å². The molecule has 3 rings (SSSR count). The summed E-state index contributed by atoms with van der Waals surface area (Å²) < 4.78 is 18.3. The Hall–Kier alpha value is -2.54. The Kier molecular flexibility index (Phi) is 4.24. The predicted octanol–water partition coefficient (Wildman–Crippen LogP) is 3.17. The van der Waals surface area contributed by atoms with E-state index < -0.39 is 0 Å². The minimum Gasteiger partial charge on any atom is -0.334 e. The number of nitrogens with zero attached hydrogens (tertiary/aromatic N) is 3. The van der Waals surface area contributed by atoms with E-state index in [9.17, 15) is 4.39 Å². The van der Waals surface area contributed by atoms with Crippen LogP contribution < -0.4 is 5.48 Å². The van der Waals surface area contributed by atoms with Gasteiger partial charge in [-0.1, -0.05) is 5.16 Å². The largest absolute Gasteiger partial charge is 0.334 e. The Labute approximate surface area is 126 Å². The molecule has 0 radical (unpaired) electrons. The zero-order valence-corrected chi connectivity index (χ0v) is 11.8. The summed E-state index contributed by atoms with van der Waals surface area (Å²) in [5, 5.41) is 12.6. The second kappa shape index (κ2) is 6.48. The van der Waals surface area contributed by atoms with Gasteiger partial charge in [0.05, 0.1) is 5.70 Å². The van der Waals surface area contributed by atoms with Crippen molar-refractivity contribution in [2.45, 2.75) is 25.7 Å². The number of aromatic nitrogens is 2. The number of allylic oxidation sites excluding steroid dienone is 2. The summed E-state index contributed by atoms with van der Waals surface area (Å²) in [5.41, 5.74) is 4.29. The third-order valence-corrected chi connectivity index (χ3v) is 3.50. The summed E-state index contributed by atoms with van der Waals surface area (Å²) in [5.74, 6) is 0.524. The first kappa shape index (κ1) is 14.4. The molecular weight excluding hydrogens is 287 g/mol. The molecule has 1 aliphatic carbocycles. The van der Waals surface area contributed by atoms with Gasteiger partial charge in [0.15, 0.2) is 0 Å². The Morgan fingerprint density at radius 2 is 2.00 bits per heavy atom. The lowest BCUT2D eigenvalue weighted by molar-refractivity contribution is 0.239. The molecule has 2 N–H and O–H groups in total. The standard InChI is InChI=1S/C15H15FN4O2/c16-11-7-5-10(6-8-11)14-19-15(22-20-14)12-3-1-2-4-13(12)17-9-18-21/h5-9,21H,1-4H2,(H,17,18). The minimum absolute atomic E-state index is 0.310. The fourth-order valence-electron chi connectivity index (χ4n) is 2.43. The van der Waals surface area contributed by atoms with E-state index in [1.807, 2.05) is 5.48 Å². The van der Waals surface area contributed by atoms with Crippen LogP contribution in [0.2, 0.25) is 0 Å². The van der Waals surface area contributed by atoms with Crippen LogP contribution in [-0.2, 0) is 0 Å². The van der Waals surface area contributed by atoms with E-state index in [0.29, 0.717) is 17.3 Å². The van der Waals surface area contributed by atoms with Crippen LogP contribution in [0.5, 0.6) is 0 Å². The van der Waals surface area contributed by atoms with Gasteiger partial charge in [0.1, 0.15) is 12.2 Å². The van der Waals surface area contributed by atoms with Crippen molar-refractivity contribution in [1.82, 2.24) is 15.6 Å². The van der Waals surface area contributed by atoms with E-state index in [2.05, 4.69) is 15.1 Å². The highest BCUT2D eigenvalue weighted by atomic mass is 19.1. The van der Waals surface area contributed by atoms with Crippen molar-refractivity contribution in [3.8, 4) is 11.4 Å². The first-order valence-corrected chi connectivity index (χ1v) is 7.02. The Morgan fingerprint density at radius 1 is 1.23 bits per heavy atom. The number of hydrogen-bond acceptors (Lipinski definition) is 5. The van der Waals surface area contributed by atoms with Crippen LogP contribution in [0.4, 0.5) is 4.39 Å². The molecule has 0 spiro atoms. The molecule has 0 unspecified atom stereocenters. The van der Waals surface area contributed by atoms with Crippen LogP contribution in [0.15, 0.2) is 39.5 Å². The van der Waals surface area contributed by atoms with Crippen molar-refractivity contribution in [2.75, 3.05) is 0 Å². The van der Waals surface area contributed by atoms with Gasteiger partial charge in [-0.25, -0.2) is 9.38 Å². The number of aliphatic imine (C=N–C) groups is 1. The van der Waals surface area contributed by atoms with Crippen LogP contribution >= 0.6 is 0 Å². The summed E-state index contributed by atoms with van der Waals surface area (Å²) in [6, 6.07) is 5.92. The van der Waals surface area contributed by atoms with Gasteiger partial charge in [-0.05, 0) is 49.9 Å². The van der Waals surface area contributed by atoms with Crippen LogP contribution in [0.25, 0.3) is 17.0 Å². The highest BCUT2D eigenvalue weighted by Gasteiger charge is 2.20. The zero-order chi connectivity index (χ0) is 15.4. The van der Waals surface area contributed by atoms with Crippen molar-refractivity contribution in [3.05, 3.63) is 41.7 Å². The molecule has 0 saturated carbocycles. The fourth-order valence-corrected chi connectivity index (χ4v) is 2.43. The molecule has 0 atom stereocenters. The number of nitrogens with one attached hydrogen (secondary N) is 1. The molecule has 1 heterocycles. The predicted molar refractivity (Wildman–Crippen MR) is 78.5 cm³/mol. The molecule has 1 aromatic heterocycles. The third-order valence-electron chi connectivity index (χ3n) is 3.50. The molecule has 0 bridgehead atoms. The normalized spacial score (nSPS) is 15.5. The van der Waals surface area contributed by atoms with Gasteiger partial charge < -0.3 is 4.52 Å². The van der Waals surface area contributed by atoms with Crippen molar-refractivity contribution >= 4 is 11.9 Å². The summed E-state index contributed by atoms with van der Waals surface area (Å²) in [7, 11) is 0. The van der Waals surface area contributed by atoms with Crippen molar-refractivity contribution in [1.29, 1.82) is 0 Å². The smallest absolute Gasteiger partial charge is 0.256 e. The van der Waals surface area contributed by atoms with Gasteiger partial charge in [0.2, 0.25) is 5.82 Å². The number of rotatable bonds is 4. The van der Waals surface area contributed by atoms with Gasteiger partial charge in [0.25, 0.3) is 5.89 Å². The molecule has 0 fully saturated rings. The van der Waals surface area contributed by atoms with Crippen LogP contribution in [0, 0.1) is 5.82 Å². The highest BCUT2D eigenvalue weighted by Crippen LogP contribution is 2.32. The lowest BCUT2D eigenvalue weighted by Gasteiger charge is -2.13. The minimum atomic E-state index is -0.310. The van der Waals surface area contributed by atoms with E-state index in [0.717, 1.165) is 37.0 Å². The average Bonchev–Trinajstić information content (AvgIpc) is 3.03. The second-order valence-electron chi connectivity index (χ2n) is 4.95. The zero-order valence-electron chi connectivity index (χ0n) is 11.8. The summed E-state index contributed by atoms with van der Waals surface area (Å²) in [4.78, 5) is 8.55. The molecule has 1 aromatic carbocycles. The summed E-state index contributed by atoms with van der Waals surface area (Å²) >= 11 is 0.